The SMILES string of the molecule is NCC(NC1CCCC1)c1cncc2ccccc12. The third-order valence-electron chi connectivity index (χ3n) is 4.10. The molecule has 1 aromatic heterocycles. The third kappa shape index (κ3) is 2.62. The van der Waals surface area contributed by atoms with Crippen LogP contribution >= 0.6 is 0 Å². The van der Waals surface area contributed by atoms with Crippen LogP contribution in [-0.4, -0.2) is 17.6 Å². The maximum Gasteiger partial charge on any atom is 0.0468 e. The summed E-state index contributed by atoms with van der Waals surface area (Å²) in [6.07, 6.45) is 9.10. The Bertz CT molecular complexity index is 541. The van der Waals surface area contributed by atoms with Crippen molar-refractivity contribution in [1.82, 2.24) is 10.3 Å². The van der Waals surface area contributed by atoms with E-state index < -0.39 is 0 Å². The molecular weight excluding hydrogens is 234 g/mol. The van der Waals surface area contributed by atoms with Crippen LogP contribution in [0.5, 0.6) is 0 Å². The predicted octanol–water partition coefficient (Wildman–Crippen LogP) is 2.77. The number of nitrogens with zero attached hydrogens (tertiary/aromatic N) is 1. The average molecular weight is 255 g/mol. The molecule has 3 nitrogen and oxygen atoms in total. The van der Waals surface area contributed by atoms with Crippen LogP contribution in [0.4, 0.5) is 0 Å². The predicted molar refractivity (Wildman–Crippen MR) is 78.9 cm³/mol. The smallest absolute Gasteiger partial charge is 0.0468 e. The Hall–Kier alpha value is -1.45. The number of pyridine rings is 1. The van der Waals surface area contributed by atoms with Gasteiger partial charge in [-0.25, -0.2) is 0 Å². The van der Waals surface area contributed by atoms with E-state index in [1.807, 2.05) is 12.4 Å². The van der Waals surface area contributed by atoms with Gasteiger partial charge in [-0.3, -0.25) is 4.98 Å². The lowest BCUT2D eigenvalue weighted by Gasteiger charge is -2.23. The minimum atomic E-state index is 0.210. The Kier molecular flexibility index (Phi) is 3.76. The first-order valence-corrected chi connectivity index (χ1v) is 7.17. The topological polar surface area (TPSA) is 50.9 Å². The number of nitrogens with two attached hydrogens (primary N) is 1. The standard InChI is InChI=1S/C16H21N3/c17-9-16(19-13-6-2-3-7-13)15-11-18-10-12-5-1-4-8-14(12)15/h1,4-5,8,10-11,13,16,19H,2-3,6-7,9,17H2. The van der Waals surface area contributed by atoms with Gasteiger partial charge in [-0.05, 0) is 23.8 Å². The third-order valence-corrected chi connectivity index (χ3v) is 4.10. The highest BCUT2D eigenvalue weighted by Gasteiger charge is 2.20. The Morgan fingerprint density at radius 3 is 2.79 bits per heavy atom. The zero-order valence-corrected chi connectivity index (χ0v) is 11.2. The summed E-state index contributed by atoms with van der Waals surface area (Å²) >= 11 is 0. The second-order valence-corrected chi connectivity index (χ2v) is 5.39. The molecule has 1 heterocycles. The summed E-state index contributed by atoms with van der Waals surface area (Å²) in [6.45, 7) is 0.617. The summed E-state index contributed by atoms with van der Waals surface area (Å²) in [7, 11) is 0. The van der Waals surface area contributed by atoms with Crippen LogP contribution in [0.3, 0.4) is 0 Å². The minimum Gasteiger partial charge on any atom is -0.329 e. The number of benzene rings is 1. The van der Waals surface area contributed by atoms with Gasteiger partial charge in [0.05, 0.1) is 0 Å². The zero-order chi connectivity index (χ0) is 13.1. The molecular formula is C16H21N3. The molecule has 1 atom stereocenters. The molecule has 3 rings (SSSR count). The Morgan fingerprint density at radius 1 is 1.21 bits per heavy atom. The van der Waals surface area contributed by atoms with Crippen LogP contribution < -0.4 is 11.1 Å². The molecule has 1 aromatic carbocycles. The fourth-order valence-electron chi connectivity index (χ4n) is 3.08. The normalized spacial score (nSPS) is 17.9. The molecule has 0 aliphatic heterocycles. The van der Waals surface area contributed by atoms with Gasteiger partial charge in [-0.1, -0.05) is 37.1 Å². The van der Waals surface area contributed by atoms with E-state index in [0.29, 0.717) is 12.6 Å². The van der Waals surface area contributed by atoms with Gasteiger partial charge < -0.3 is 11.1 Å². The van der Waals surface area contributed by atoms with Crippen LogP contribution in [0.1, 0.15) is 37.3 Å². The van der Waals surface area contributed by atoms with E-state index in [9.17, 15) is 0 Å². The van der Waals surface area contributed by atoms with Gasteiger partial charge in [0.25, 0.3) is 0 Å². The molecule has 1 saturated carbocycles. The van der Waals surface area contributed by atoms with Crippen LogP contribution in [0, 0.1) is 0 Å². The van der Waals surface area contributed by atoms with Crippen molar-refractivity contribution in [3.05, 3.63) is 42.2 Å². The van der Waals surface area contributed by atoms with Gasteiger partial charge in [-0.2, -0.15) is 0 Å². The summed E-state index contributed by atoms with van der Waals surface area (Å²) in [6, 6.07) is 9.22. The molecule has 1 unspecified atom stereocenters. The minimum absolute atomic E-state index is 0.210. The van der Waals surface area contributed by atoms with Crippen molar-refractivity contribution < 1.29 is 0 Å². The van der Waals surface area contributed by atoms with Crippen molar-refractivity contribution in [3.63, 3.8) is 0 Å². The molecule has 0 bridgehead atoms. The first kappa shape index (κ1) is 12.6. The van der Waals surface area contributed by atoms with Gasteiger partial charge in [-0.15, -0.1) is 0 Å². The van der Waals surface area contributed by atoms with Crippen molar-refractivity contribution in [2.75, 3.05) is 6.54 Å². The van der Waals surface area contributed by atoms with Crippen LogP contribution in [0.25, 0.3) is 10.8 Å². The highest BCUT2D eigenvalue weighted by Crippen LogP contribution is 2.26. The van der Waals surface area contributed by atoms with Gasteiger partial charge in [0.15, 0.2) is 0 Å². The van der Waals surface area contributed by atoms with E-state index in [-0.39, 0.29) is 6.04 Å². The Labute approximate surface area is 114 Å². The van der Waals surface area contributed by atoms with Crippen LogP contribution in [-0.2, 0) is 0 Å². The Morgan fingerprint density at radius 2 is 2.00 bits per heavy atom. The van der Waals surface area contributed by atoms with Gasteiger partial charge in [0.1, 0.15) is 0 Å². The summed E-state index contributed by atoms with van der Waals surface area (Å²) in [4.78, 5) is 4.36. The lowest BCUT2D eigenvalue weighted by atomic mass is 10.0. The molecule has 1 aliphatic carbocycles. The number of hydrogen-bond acceptors (Lipinski definition) is 3. The van der Waals surface area contributed by atoms with Crippen molar-refractivity contribution >= 4 is 10.8 Å². The highest BCUT2D eigenvalue weighted by atomic mass is 15.0. The Balaban J connectivity index is 1.91. The monoisotopic (exact) mass is 255 g/mol. The number of nitrogens with one attached hydrogen (secondary N) is 1. The second kappa shape index (κ2) is 5.68. The lowest BCUT2D eigenvalue weighted by Crippen LogP contribution is -2.35. The van der Waals surface area contributed by atoms with Crippen molar-refractivity contribution in [2.24, 2.45) is 5.73 Å². The van der Waals surface area contributed by atoms with E-state index in [1.54, 1.807) is 0 Å². The van der Waals surface area contributed by atoms with Crippen LogP contribution in [0.2, 0.25) is 0 Å². The summed E-state index contributed by atoms with van der Waals surface area (Å²) in [5.74, 6) is 0. The molecule has 100 valence electrons. The lowest BCUT2D eigenvalue weighted by molar-refractivity contribution is 0.446. The largest absolute Gasteiger partial charge is 0.329 e. The van der Waals surface area contributed by atoms with Crippen molar-refractivity contribution in [1.29, 1.82) is 0 Å². The average Bonchev–Trinajstić information content (AvgIpc) is 2.97. The van der Waals surface area contributed by atoms with E-state index >= 15 is 0 Å². The first-order chi connectivity index (χ1) is 9.38. The van der Waals surface area contributed by atoms with Gasteiger partial charge >= 0.3 is 0 Å². The summed E-state index contributed by atoms with van der Waals surface area (Å²) in [5.41, 5.74) is 7.21. The summed E-state index contributed by atoms with van der Waals surface area (Å²) in [5, 5.41) is 6.16. The van der Waals surface area contributed by atoms with E-state index in [0.717, 1.165) is 0 Å². The molecule has 0 saturated heterocycles. The summed E-state index contributed by atoms with van der Waals surface area (Å²) < 4.78 is 0. The number of hydrogen-bond donors (Lipinski definition) is 2. The molecule has 1 fully saturated rings. The quantitative estimate of drug-likeness (QED) is 0.883. The van der Waals surface area contributed by atoms with Crippen LogP contribution in [0.15, 0.2) is 36.7 Å². The molecule has 19 heavy (non-hydrogen) atoms. The van der Waals surface area contributed by atoms with Crippen molar-refractivity contribution in [2.45, 2.75) is 37.8 Å². The first-order valence-electron chi connectivity index (χ1n) is 7.17. The maximum atomic E-state index is 5.98. The van der Waals surface area contributed by atoms with E-state index in [1.165, 1.54) is 42.0 Å². The van der Waals surface area contributed by atoms with Gasteiger partial charge in [0, 0.05) is 36.4 Å². The molecule has 3 heteroatoms. The molecule has 0 spiro atoms. The van der Waals surface area contributed by atoms with Gasteiger partial charge in [0.2, 0.25) is 0 Å². The van der Waals surface area contributed by atoms with Crippen molar-refractivity contribution in [3.8, 4) is 0 Å². The highest BCUT2D eigenvalue weighted by molar-refractivity contribution is 5.85. The fraction of sp³-hybridized carbons (Fsp3) is 0.438. The number of aromatic nitrogens is 1. The van der Waals surface area contributed by atoms with E-state index in [4.69, 9.17) is 5.73 Å². The zero-order valence-electron chi connectivity index (χ0n) is 11.2. The molecule has 1 aliphatic rings. The molecule has 3 N–H and O–H groups in total. The second-order valence-electron chi connectivity index (χ2n) is 5.39. The molecule has 2 aromatic rings. The maximum absolute atomic E-state index is 5.98. The molecule has 0 radical (unpaired) electrons. The molecule has 0 amide bonds. The fourth-order valence-corrected chi connectivity index (χ4v) is 3.08. The number of fused-ring (bicyclic) bond motifs is 1. The number of rotatable bonds is 4. The van der Waals surface area contributed by atoms with E-state index in [2.05, 4.69) is 34.6 Å².